The largest absolute Gasteiger partial charge is 0.384 e. The Bertz CT molecular complexity index is 190. The van der Waals surface area contributed by atoms with Crippen LogP contribution in [0.3, 0.4) is 0 Å². The molecule has 0 heterocycles. The fourth-order valence-electron chi connectivity index (χ4n) is 0.541. The number of hydrogen-bond donors (Lipinski definition) is 0. The van der Waals surface area contributed by atoms with Crippen molar-refractivity contribution in [2.24, 2.45) is 0 Å². The summed E-state index contributed by atoms with van der Waals surface area (Å²) in [4.78, 5) is 0. The quantitative estimate of drug-likeness (QED) is 0.680. The van der Waals surface area contributed by atoms with Crippen LogP contribution in [0.25, 0.3) is 0 Å². The minimum Gasteiger partial charge on any atom is -0.384 e. The van der Waals surface area contributed by atoms with Crippen LogP contribution >= 0.6 is 0 Å². The van der Waals surface area contributed by atoms with E-state index in [4.69, 9.17) is 0 Å². The van der Waals surface area contributed by atoms with Crippen LogP contribution in [-0.2, 0) is 14.8 Å². The number of sulfonamides is 1. The van der Waals surface area contributed by atoms with Crippen LogP contribution < -0.4 is 0 Å². The van der Waals surface area contributed by atoms with Crippen LogP contribution in [-0.4, -0.2) is 45.8 Å². The zero-order valence-corrected chi connectivity index (χ0v) is 10.0. The van der Waals surface area contributed by atoms with Crippen LogP contribution in [0.15, 0.2) is 0 Å². The molecule has 0 amide bonds. The molecule has 0 saturated heterocycles. The third-order valence-electron chi connectivity index (χ3n) is 1.47. The molecule has 0 fully saturated rings. The molecule has 0 aliphatic rings. The van der Waals surface area contributed by atoms with Crippen molar-refractivity contribution >= 4 is 10.0 Å². The molecule has 0 aliphatic carbocycles. The molecule has 0 unspecified atom stereocenters. The van der Waals surface area contributed by atoms with E-state index in [1.54, 1.807) is 14.0 Å². The van der Waals surface area contributed by atoms with E-state index in [0.717, 1.165) is 0 Å². The van der Waals surface area contributed by atoms with Crippen LogP contribution in [0.2, 0.25) is 0 Å². The van der Waals surface area contributed by atoms with Crippen molar-refractivity contribution in [3.8, 4) is 0 Å². The lowest BCUT2D eigenvalue weighted by Gasteiger charge is -2.13. The highest BCUT2D eigenvalue weighted by Crippen LogP contribution is 1.96. The summed E-state index contributed by atoms with van der Waals surface area (Å²) < 4.78 is 28.3. The van der Waals surface area contributed by atoms with Gasteiger partial charge in [-0.3, -0.25) is 0 Å². The van der Waals surface area contributed by atoms with Gasteiger partial charge in [-0.15, -0.1) is 0 Å². The van der Waals surface area contributed by atoms with Crippen LogP contribution in [0.5, 0.6) is 0 Å². The molecule has 4 nitrogen and oxygen atoms in total. The van der Waals surface area contributed by atoms with E-state index in [2.05, 4.69) is 4.74 Å². The molecule has 0 atom stereocenters. The molecule has 5 heteroatoms. The molecule has 0 radical (unpaired) electrons. The molecule has 0 aromatic carbocycles. The first-order valence-corrected chi connectivity index (χ1v) is 6.08. The molecule has 82 valence electrons. The van der Waals surface area contributed by atoms with E-state index in [1.165, 1.54) is 11.4 Å². The van der Waals surface area contributed by atoms with Crippen molar-refractivity contribution in [1.29, 1.82) is 0 Å². The lowest BCUT2D eigenvalue weighted by atomic mass is 10.8. The highest BCUT2D eigenvalue weighted by molar-refractivity contribution is 7.89. The number of ether oxygens (including phenoxy) is 1. The molecular weight excluding hydrogens is 190 g/mol. The van der Waals surface area contributed by atoms with Gasteiger partial charge in [0.2, 0.25) is 10.0 Å². The van der Waals surface area contributed by atoms with E-state index in [-0.39, 0.29) is 12.4 Å². The van der Waals surface area contributed by atoms with Crippen molar-refractivity contribution < 1.29 is 13.2 Å². The maximum atomic E-state index is 11.2. The second-order valence-electron chi connectivity index (χ2n) is 2.22. The monoisotopic (exact) mass is 211 g/mol. The molecule has 0 aromatic rings. The van der Waals surface area contributed by atoms with Crippen LogP contribution in [0.4, 0.5) is 0 Å². The predicted molar refractivity (Wildman–Crippen MR) is 55.3 cm³/mol. The predicted octanol–water partition coefficient (Wildman–Crippen LogP) is 0.941. The zero-order chi connectivity index (χ0) is 10.9. The summed E-state index contributed by atoms with van der Waals surface area (Å²) in [5.74, 6) is 0.0633. The van der Waals surface area contributed by atoms with Gasteiger partial charge in [0.05, 0.1) is 12.4 Å². The molecule has 13 heavy (non-hydrogen) atoms. The number of rotatable bonds is 5. The van der Waals surface area contributed by atoms with Gasteiger partial charge in [-0.25, -0.2) is 12.7 Å². The molecule has 0 spiro atoms. The van der Waals surface area contributed by atoms with Gasteiger partial charge in [-0.05, 0) is 0 Å². The zero-order valence-electron chi connectivity index (χ0n) is 9.20. The summed E-state index contributed by atoms with van der Waals surface area (Å²) in [7, 11) is -0.0161. The summed E-state index contributed by atoms with van der Waals surface area (Å²) in [5.41, 5.74) is 0. The van der Waals surface area contributed by atoms with Gasteiger partial charge in [0, 0.05) is 20.7 Å². The first kappa shape index (κ1) is 15.3. The minimum absolute atomic E-state index is 0.0633. The maximum Gasteiger partial charge on any atom is 0.216 e. The Hall–Kier alpha value is -0.130. The second kappa shape index (κ2) is 8.47. The average Bonchev–Trinajstić information content (AvgIpc) is 2.16. The molecule has 0 rings (SSSR count). The third kappa shape index (κ3) is 6.98. The number of hydrogen-bond acceptors (Lipinski definition) is 3. The smallest absolute Gasteiger partial charge is 0.216 e. The third-order valence-corrected chi connectivity index (χ3v) is 3.36. The Morgan fingerprint density at radius 1 is 1.31 bits per heavy atom. The first-order valence-electron chi connectivity index (χ1n) is 4.47. The van der Waals surface area contributed by atoms with Crippen molar-refractivity contribution in [2.45, 2.75) is 20.8 Å². The Kier molecular flexibility index (Phi) is 10.00. The molecule has 0 aliphatic heterocycles. The topological polar surface area (TPSA) is 46.6 Å². The van der Waals surface area contributed by atoms with E-state index < -0.39 is 10.0 Å². The van der Waals surface area contributed by atoms with Crippen molar-refractivity contribution in [2.75, 3.05) is 33.1 Å². The number of nitrogens with zero attached hydrogens (tertiary/aromatic N) is 1. The maximum absolute atomic E-state index is 11.2. The van der Waals surface area contributed by atoms with Gasteiger partial charge in [-0.2, -0.15) is 0 Å². The lowest BCUT2D eigenvalue weighted by molar-refractivity contribution is 0.216. The number of methoxy groups -OCH3 is 1. The van der Waals surface area contributed by atoms with Gasteiger partial charge in [0.15, 0.2) is 0 Å². The highest BCUT2D eigenvalue weighted by Gasteiger charge is 2.14. The summed E-state index contributed by atoms with van der Waals surface area (Å²) in [6.07, 6.45) is 0. The summed E-state index contributed by atoms with van der Waals surface area (Å²) >= 11 is 0. The van der Waals surface area contributed by atoms with Gasteiger partial charge in [0.25, 0.3) is 0 Å². The van der Waals surface area contributed by atoms with Crippen molar-refractivity contribution in [3.63, 3.8) is 0 Å². The second-order valence-corrected chi connectivity index (χ2v) is 4.42. The summed E-state index contributed by atoms with van der Waals surface area (Å²) in [6.45, 7) is 6.56. The van der Waals surface area contributed by atoms with Crippen LogP contribution in [0, 0.1) is 0 Å². The fourth-order valence-corrected chi connectivity index (χ4v) is 1.62. The molecule has 0 N–H and O–H groups in total. The Labute approximate surface area is 81.9 Å². The molecule has 0 saturated carbocycles. The Balaban J connectivity index is 0. The van der Waals surface area contributed by atoms with E-state index in [1.807, 2.05) is 13.8 Å². The summed E-state index contributed by atoms with van der Waals surface area (Å²) in [6, 6.07) is 0. The van der Waals surface area contributed by atoms with E-state index in [9.17, 15) is 8.42 Å². The Morgan fingerprint density at radius 3 is 2.08 bits per heavy atom. The standard InChI is InChI=1S/C6H15NO3S.C2H6/c1-4-7(2)11(8,9)6-5-10-3;1-2/h4-6H2,1-3H3;1-2H3. The summed E-state index contributed by atoms with van der Waals surface area (Å²) in [5, 5.41) is 0. The lowest BCUT2D eigenvalue weighted by Crippen LogP contribution is -2.30. The SMILES string of the molecule is CC.CCN(C)S(=O)(=O)CCOC. The van der Waals surface area contributed by atoms with Gasteiger partial charge < -0.3 is 4.74 Å². The fraction of sp³-hybridized carbons (Fsp3) is 1.00. The van der Waals surface area contributed by atoms with Gasteiger partial charge in [-0.1, -0.05) is 20.8 Å². The minimum atomic E-state index is -3.06. The molecule has 0 aromatic heterocycles. The van der Waals surface area contributed by atoms with E-state index in [0.29, 0.717) is 6.54 Å². The van der Waals surface area contributed by atoms with E-state index >= 15 is 0 Å². The van der Waals surface area contributed by atoms with Crippen molar-refractivity contribution in [1.82, 2.24) is 4.31 Å². The average molecular weight is 211 g/mol. The molecular formula is C8H21NO3S. The van der Waals surface area contributed by atoms with Crippen molar-refractivity contribution in [3.05, 3.63) is 0 Å². The van der Waals surface area contributed by atoms with Crippen LogP contribution in [0.1, 0.15) is 20.8 Å². The normalized spacial score (nSPS) is 10.9. The molecule has 0 bridgehead atoms. The highest BCUT2D eigenvalue weighted by atomic mass is 32.2. The van der Waals surface area contributed by atoms with Gasteiger partial charge >= 0.3 is 0 Å². The first-order chi connectivity index (χ1) is 6.04. The van der Waals surface area contributed by atoms with Gasteiger partial charge in [0.1, 0.15) is 0 Å². The Morgan fingerprint density at radius 2 is 1.77 bits per heavy atom.